The lowest BCUT2D eigenvalue weighted by Crippen LogP contribution is -2.07. The van der Waals surface area contributed by atoms with Crippen molar-refractivity contribution in [3.8, 4) is 11.5 Å². The van der Waals surface area contributed by atoms with E-state index in [1.54, 1.807) is 36.4 Å². The van der Waals surface area contributed by atoms with Gasteiger partial charge in [-0.1, -0.05) is 18.2 Å². The summed E-state index contributed by atoms with van der Waals surface area (Å²) in [4.78, 5) is 12.0. The van der Waals surface area contributed by atoms with E-state index < -0.39 is 11.8 Å². The molecule has 0 saturated heterocycles. The third kappa shape index (κ3) is 3.75. The van der Waals surface area contributed by atoms with Crippen molar-refractivity contribution in [1.82, 2.24) is 0 Å². The lowest BCUT2D eigenvalue weighted by molar-refractivity contribution is 0.0468. The van der Waals surface area contributed by atoms with Gasteiger partial charge in [-0.3, -0.25) is 0 Å². The highest BCUT2D eigenvalue weighted by atomic mass is 19.1. The Hall–Kier alpha value is -2.56. The van der Waals surface area contributed by atoms with Gasteiger partial charge in [-0.2, -0.15) is 0 Å². The molecule has 0 heterocycles. The van der Waals surface area contributed by atoms with E-state index in [9.17, 15) is 9.18 Å². The molecule has 0 N–H and O–H groups in total. The van der Waals surface area contributed by atoms with Crippen molar-refractivity contribution in [2.75, 3.05) is 13.7 Å². The van der Waals surface area contributed by atoms with Crippen LogP contribution >= 0.6 is 0 Å². The number of carbonyl (C=O) groups excluding carboxylic acids is 1. The highest BCUT2D eigenvalue weighted by Gasteiger charge is 2.13. The number of hydrogen-bond acceptors (Lipinski definition) is 4. The maximum absolute atomic E-state index is 13.5. The van der Waals surface area contributed by atoms with E-state index in [1.807, 2.05) is 6.92 Å². The first-order valence-corrected chi connectivity index (χ1v) is 6.87. The summed E-state index contributed by atoms with van der Waals surface area (Å²) in [5, 5.41) is 0. The summed E-state index contributed by atoms with van der Waals surface area (Å²) in [7, 11) is 1.52. The maximum atomic E-state index is 13.5. The number of esters is 1. The smallest absolute Gasteiger partial charge is 0.338 e. The molecule has 0 aliphatic heterocycles. The molecule has 5 heteroatoms. The highest BCUT2D eigenvalue weighted by Crippen LogP contribution is 2.28. The van der Waals surface area contributed by atoms with Gasteiger partial charge in [0, 0.05) is 5.56 Å². The van der Waals surface area contributed by atoms with E-state index in [-0.39, 0.29) is 6.61 Å². The molecule has 0 radical (unpaired) electrons. The van der Waals surface area contributed by atoms with Crippen LogP contribution in [0.2, 0.25) is 0 Å². The summed E-state index contributed by atoms with van der Waals surface area (Å²) < 4.78 is 29.2. The average Bonchev–Trinajstić information content (AvgIpc) is 2.54. The minimum Gasteiger partial charge on any atom is -0.493 e. The van der Waals surface area contributed by atoms with E-state index in [1.165, 1.54) is 13.2 Å². The number of ether oxygens (including phenoxy) is 3. The summed E-state index contributed by atoms with van der Waals surface area (Å²) in [5.41, 5.74) is 0.648. The molecule has 0 fully saturated rings. The first kappa shape index (κ1) is 15.8. The molecule has 2 rings (SSSR count). The fourth-order valence-electron chi connectivity index (χ4n) is 1.91. The average molecular weight is 304 g/mol. The van der Waals surface area contributed by atoms with Crippen molar-refractivity contribution in [2.45, 2.75) is 13.5 Å². The van der Waals surface area contributed by atoms with Crippen LogP contribution < -0.4 is 9.47 Å². The fraction of sp³-hybridized carbons (Fsp3) is 0.235. The zero-order chi connectivity index (χ0) is 15.9. The number of halogens is 1. The summed E-state index contributed by atoms with van der Waals surface area (Å²) in [5.74, 6) is 0.0461. The number of methoxy groups -OCH3 is 1. The lowest BCUT2D eigenvalue weighted by atomic mass is 10.2. The van der Waals surface area contributed by atoms with Gasteiger partial charge in [0.15, 0.2) is 11.5 Å². The summed E-state index contributed by atoms with van der Waals surface area (Å²) in [6, 6.07) is 10.9. The van der Waals surface area contributed by atoms with E-state index in [2.05, 4.69) is 0 Å². The fourth-order valence-corrected chi connectivity index (χ4v) is 1.91. The zero-order valence-electron chi connectivity index (χ0n) is 12.5. The third-order valence-electron chi connectivity index (χ3n) is 3.02. The molecule has 116 valence electrons. The Morgan fingerprint density at radius 2 is 1.91 bits per heavy atom. The Labute approximate surface area is 128 Å². The van der Waals surface area contributed by atoms with Crippen molar-refractivity contribution in [1.29, 1.82) is 0 Å². The first-order valence-electron chi connectivity index (χ1n) is 6.87. The molecule has 0 aliphatic rings. The van der Waals surface area contributed by atoms with Crippen molar-refractivity contribution < 1.29 is 23.4 Å². The Bertz CT molecular complexity index is 655. The second-order valence-electron chi connectivity index (χ2n) is 4.47. The van der Waals surface area contributed by atoms with E-state index in [0.29, 0.717) is 29.2 Å². The summed E-state index contributed by atoms with van der Waals surface area (Å²) in [6.07, 6.45) is 0. The SMILES string of the molecule is CCOc1cc(C(=O)OCc2ccccc2F)ccc1OC. The molecule has 0 bridgehead atoms. The van der Waals surface area contributed by atoms with Crippen molar-refractivity contribution in [3.05, 3.63) is 59.4 Å². The molecule has 2 aromatic rings. The zero-order valence-corrected chi connectivity index (χ0v) is 12.5. The van der Waals surface area contributed by atoms with Gasteiger partial charge >= 0.3 is 5.97 Å². The van der Waals surface area contributed by atoms with Gasteiger partial charge in [0.05, 0.1) is 19.3 Å². The van der Waals surface area contributed by atoms with Crippen LogP contribution in [0, 0.1) is 5.82 Å². The number of carbonyl (C=O) groups is 1. The second kappa shape index (κ2) is 7.45. The molecule has 22 heavy (non-hydrogen) atoms. The standard InChI is InChI=1S/C17H17FO4/c1-3-21-16-10-12(8-9-15(16)20-2)17(19)22-11-13-6-4-5-7-14(13)18/h4-10H,3,11H2,1-2H3. The van der Waals surface area contributed by atoms with Gasteiger partial charge in [-0.25, -0.2) is 9.18 Å². The normalized spacial score (nSPS) is 10.1. The van der Waals surface area contributed by atoms with E-state index in [4.69, 9.17) is 14.2 Å². The Balaban J connectivity index is 2.09. The second-order valence-corrected chi connectivity index (χ2v) is 4.47. The van der Waals surface area contributed by atoms with Crippen molar-refractivity contribution in [3.63, 3.8) is 0 Å². The van der Waals surface area contributed by atoms with Gasteiger partial charge in [0.2, 0.25) is 0 Å². The monoisotopic (exact) mass is 304 g/mol. The van der Waals surface area contributed by atoms with Gasteiger partial charge in [0.25, 0.3) is 0 Å². The van der Waals surface area contributed by atoms with Crippen LogP contribution in [0.25, 0.3) is 0 Å². The van der Waals surface area contributed by atoms with Crippen LogP contribution in [0.3, 0.4) is 0 Å². The number of rotatable bonds is 6. The molecule has 0 unspecified atom stereocenters. The third-order valence-corrected chi connectivity index (χ3v) is 3.02. The summed E-state index contributed by atoms with van der Waals surface area (Å²) >= 11 is 0. The molecular weight excluding hydrogens is 287 g/mol. The van der Waals surface area contributed by atoms with Crippen LogP contribution in [-0.4, -0.2) is 19.7 Å². The molecular formula is C17H17FO4. The Kier molecular flexibility index (Phi) is 5.36. The van der Waals surface area contributed by atoms with E-state index in [0.717, 1.165) is 0 Å². The Morgan fingerprint density at radius 3 is 2.59 bits per heavy atom. The predicted octanol–water partition coefficient (Wildman–Crippen LogP) is 3.59. The topological polar surface area (TPSA) is 44.8 Å². The van der Waals surface area contributed by atoms with Crippen LogP contribution in [0.15, 0.2) is 42.5 Å². The summed E-state index contributed by atoms with van der Waals surface area (Å²) in [6.45, 7) is 2.16. The molecule has 2 aromatic carbocycles. The van der Waals surface area contributed by atoms with Crippen molar-refractivity contribution in [2.24, 2.45) is 0 Å². The lowest BCUT2D eigenvalue weighted by Gasteiger charge is -2.11. The molecule has 0 aromatic heterocycles. The van der Waals surface area contributed by atoms with Crippen molar-refractivity contribution >= 4 is 5.97 Å². The van der Waals surface area contributed by atoms with Gasteiger partial charge < -0.3 is 14.2 Å². The molecule has 0 aliphatic carbocycles. The maximum Gasteiger partial charge on any atom is 0.338 e. The molecule has 0 spiro atoms. The van der Waals surface area contributed by atoms with Gasteiger partial charge in [-0.15, -0.1) is 0 Å². The minimum absolute atomic E-state index is 0.124. The first-order chi connectivity index (χ1) is 10.7. The van der Waals surface area contributed by atoms with Crippen LogP contribution in [0.1, 0.15) is 22.8 Å². The highest BCUT2D eigenvalue weighted by molar-refractivity contribution is 5.90. The Morgan fingerprint density at radius 1 is 1.14 bits per heavy atom. The molecule has 0 amide bonds. The molecule has 0 saturated carbocycles. The van der Waals surface area contributed by atoms with Crippen LogP contribution in [-0.2, 0) is 11.3 Å². The van der Waals surface area contributed by atoms with E-state index >= 15 is 0 Å². The quantitative estimate of drug-likeness (QED) is 0.765. The number of benzene rings is 2. The van der Waals surface area contributed by atoms with Gasteiger partial charge in [-0.05, 0) is 31.2 Å². The van der Waals surface area contributed by atoms with Crippen LogP contribution in [0.5, 0.6) is 11.5 Å². The molecule has 0 atom stereocenters. The van der Waals surface area contributed by atoms with Crippen LogP contribution in [0.4, 0.5) is 4.39 Å². The number of hydrogen-bond donors (Lipinski definition) is 0. The van der Waals surface area contributed by atoms with Gasteiger partial charge in [0.1, 0.15) is 12.4 Å². The predicted molar refractivity (Wildman–Crippen MR) is 79.7 cm³/mol. The molecule has 4 nitrogen and oxygen atoms in total. The minimum atomic E-state index is -0.549. The largest absolute Gasteiger partial charge is 0.493 e.